The molecule has 1 aliphatic heterocycles. The lowest BCUT2D eigenvalue weighted by atomic mass is 10.0. The van der Waals surface area contributed by atoms with Gasteiger partial charge in [0.2, 0.25) is 0 Å². The van der Waals surface area contributed by atoms with Crippen LogP contribution in [0.1, 0.15) is 33.7 Å². The van der Waals surface area contributed by atoms with E-state index in [0.717, 1.165) is 11.3 Å². The van der Waals surface area contributed by atoms with Gasteiger partial charge in [0.15, 0.2) is 6.61 Å². The first-order valence-electron chi connectivity index (χ1n) is 11.2. The molecule has 8 nitrogen and oxygen atoms in total. The summed E-state index contributed by atoms with van der Waals surface area (Å²) >= 11 is 0. The van der Waals surface area contributed by atoms with E-state index in [0.29, 0.717) is 40.8 Å². The first kappa shape index (κ1) is 22.2. The summed E-state index contributed by atoms with van der Waals surface area (Å²) in [5.74, 6) is -0.573. The molecule has 5 rings (SSSR count). The third kappa shape index (κ3) is 4.86. The van der Waals surface area contributed by atoms with Gasteiger partial charge in [-0.3, -0.25) is 9.59 Å². The number of nitrogens with one attached hydrogen (secondary N) is 1. The molecule has 0 unspecified atom stereocenters. The quantitative estimate of drug-likeness (QED) is 0.439. The second-order valence-corrected chi connectivity index (χ2v) is 8.12. The number of rotatable bonds is 6. The number of benzene rings is 3. The maximum atomic E-state index is 12.8. The van der Waals surface area contributed by atoms with E-state index in [1.165, 1.54) is 5.01 Å². The van der Waals surface area contributed by atoms with Crippen molar-refractivity contribution in [3.05, 3.63) is 112 Å². The summed E-state index contributed by atoms with van der Waals surface area (Å²) in [5.41, 5.74) is 3.08. The van der Waals surface area contributed by atoms with Gasteiger partial charge in [-0.1, -0.05) is 60.7 Å². The Morgan fingerprint density at radius 3 is 2.54 bits per heavy atom. The molecule has 0 fully saturated rings. The molecule has 0 atom stereocenters. The molecule has 4 aromatic rings. The molecule has 1 N–H and O–H groups in total. The Balaban J connectivity index is 1.27. The van der Waals surface area contributed by atoms with E-state index < -0.39 is 12.6 Å². The van der Waals surface area contributed by atoms with Crippen LogP contribution in [0.25, 0.3) is 10.9 Å². The maximum Gasteiger partial charge on any atom is 0.338 e. The van der Waals surface area contributed by atoms with E-state index in [4.69, 9.17) is 4.74 Å². The number of amides is 1. The second kappa shape index (κ2) is 9.72. The van der Waals surface area contributed by atoms with E-state index in [9.17, 15) is 14.4 Å². The van der Waals surface area contributed by atoms with Gasteiger partial charge in [0, 0.05) is 12.8 Å². The molecule has 0 aliphatic carbocycles. The number of hydrogen-bond donors (Lipinski definition) is 1. The number of hydrazone groups is 1. The van der Waals surface area contributed by atoms with Gasteiger partial charge in [-0.25, -0.2) is 14.8 Å². The van der Waals surface area contributed by atoms with Crippen LogP contribution in [0.15, 0.2) is 88.8 Å². The van der Waals surface area contributed by atoms with Crippen LogP contribution >= 0.6 is 0 Å². The van der Waals surface area contributed by atoms with Crippen molar-refractivity contribution in [2.45, 2.75) is 12.8 Å². The van der Waals surface area contributed by atoms with Crippen LogP contribution in [-0.2, 0) is 16.0 Å². The Hall–Kier alpha value is -4.59. The van der Waals surface area contributed by atoms with Crippen LogP contribution in [0.2, 0.25) is 0 Å². The number of para-hydroxylation sites is 1. The van der Waals surface area contributed by atoms with E-state index in [-0.39, 0.29) is 17.9 Å². The molecule has 0 spiro atoms. The van der Waals surface area contributed by atoms with Gasteiger partial charge in [0.25, 0.3) is 11.5 Å². The number of H-pyrrole nitrogens is 1. The van der Waals surface area contributed by atoms with Crippen LogP contribution < -0.4 is 5.56 Å². The van der Waals surface area contributed by atoms with Crippen molar-refractivity contribution >= 4 is 28.5 Å². The van der Waals surface area contributed by atoms with Crippen LogP contribution in [0, 0.1) is 0 Å². The van der Waals surface area contributed by atoms with E-state index >= 15 is 0 Å². The van der Waals surface area contributed by atoms with Crippen molar-refractivity contribution in [1.82, 2.24) is 15.0 Å². The lowest BCUT2D eigenvalue weighted by Crippen LogP contribution is -2.29. The summed E-state index contributed by atoms with van der Waals surface area (Å²) in [6.07, 6.45) is 0.875. The highest BCUT2D eigenvalue weighted by Gasteiger charge is 2.23. The van der Waals surface area contributed by atoms with Crippen LogP contribution in [0.4, 0.5) is 0 Å². The van der Waals surface area contributed by atoms with Crippen molar-refractivity contribution < 1.29 is 14.3 Å². The first-order chi connectivity index (χ1) is 17.1. The van der Waals surface area contributed by atoms with Crippen molar-refractivity contribution in [2.75, 3.05) is 13.2 Å². The smallest absolute Gasteiger partial charge is 0.338 e. The zero-order chi connectivity index (χ0) is 24.2. The van der Waals surface area contributed by atoms with Crippen molar-refractivity contribution in [3.63, 3.8) is 0 Å². The summed E-state index contributed by atoms with van der Waals surface area (Å²) in [6.45, 7) is 0.0298. The van der Waals surface area contributed by atoms with Crippen molar-refractivity contribution in [2.24, 2.45) is 5.10 Å². The number of aromatic amines is 1. The minimum Gasteiger partial charge on any atom is -0.452 e. The Morgan fingerprint density at radius 2 is 1.69 bits per heavy atom. The van der Waals surface area contributed by atoms with Gasteiger partial charge in [-0.15, -0.1) is 0 Å². The fraction of sp³-hybridized carbons (Fsp3) is 0.148. The van der Waals surface area contributed by atoms with E-state index in [1.807, 2.05) is 36.4 Å². The third-order valence-corrected chi connectivity index (χ3v) is 5.78. The largest absolute Gasteiger partial charge is 0.452 e. The molecule has 0 bridgehead atoms. The molecule has 35 heavy (non-hydrogen) atoms. The Morgan fingerprint density at radius 1 is 0.943 bits per heavy atom. The number of ether oxygens (including phenoxy) is 1. The van der Waals surface area contributed by atoms with Gasteiger partial charge in [0.1, 0.15) is 5.82 Å². The first-order valence-corrected chi connectivity index (χ1v) is 11.2. The molecular weight excluding hydrogens is 444 g/mol. The zero-order valence-corrected chi connectivity index (χ0v) is 18.8. The van der Waals surface area contributed by atoms with Gasteiger partial charge < -0.3 is 9.72 Å². The van der Waals surface area contributed by atoms with E-state index in [2.05, 4.69) is 15.1 Å². The van der Waals surface area contributed by atoms with Crippen molar-refractivity contribution in [3.8, 4) is 0 Å². The SMILES string of the molecule is O=C(OCC(=O)N1CCC(c2ccccc2)=N1)c1ccccc1Cc1nc2ccccc2c(=O)[nH]1. The van der Waals surface area contributed by atoms with Gasteiger partial charge >= 0.3 is 5.97 Å². The number of carbonyl (C=O) groups is 2. The average molecular weight is 466 g/mol. The number of nitrogens with zero attached hydrogens (tertiary/aromatic N) is 3. The zero-order valence-electron chi connectivity index (χ0n) is 18.8. The Bertz CT molecular complexity index is 1490. The number of aromatic nitrogens is 2. The van der Waals surface area contributed by atoms with Crippen LogP contribution in [-0.4, -0.2) is 45.7 Å². The molecule has 0 saturated heterocycles. The number of hydrogen-bond acceptors (Lipinski definition) is 6. The minimum atomic E-state index is -0.622. The minimum absolute atomic E-state index is 0.232. The summed E-state index contributed by atoms with van der Waals surface area (Å²) < 4.78 is 5.32. The Kier molecular flexibility index (Phi) is 6.17. The number of carbonyl (C=O) groups excluding carboxylic acids is 2. The number of esters is 1. The highest BCUT2D eigenvalue weighted by molar-refractivity contribution is 6.02. The summed E-state index contributed by atoms with van der Waals surface area (Å²) in [4.78, 5) is 45.1. The molecule has 8 heteroatoms. The number of fused-ring (bicyclic) bond motifs is 1. The van der Waals surface area contributed by atoms with E-state index in [1.54, 1.807) is 42.5 Å². The second-order valence-electron chi connectivity index (χ2n) is 8.12. The predicted octanol–water partition coefficient (Wildman–Crippen LogP) is 3.31. The lowest BCUT2D eigenvalue weighted by Gasteiger charge is -2.13. The molecule has 1 aliphatic rings. The standard InChI is InChI=1S/C27H22N4O4/c32-25(31-15-14-22(30-31)18-8-2-1-3-9-18)17-35-27(34)20-11-5-4-10-19(20)16-24-28-23-13-7-6-12-21(23)26(33)29-24/h1-13H,14-17H2,(H,28,29,33). The molecular formula is C27H22N4O4. The van der Waals surface area contributed by atoms with Gasteiger partial charge in [-0.05, 0) is 29.3 Å². The van der Waals surface area contributed by atoms with Gasteiger partial charge in [-0.2, -0.15) is 5.10 Å². The molecule has 3 aromatic carbocycles. The highest BCUT2D eigenvalue weighted by Crippen LogP contribution is 2.16. The molecule has 1 amide bonds. The summed E-state index contributed by atoms with van der Waals surface area (Å²) in [5, 5.41) is 6.22. The fourth-order valence-corrected chi connectivity index (χ4v) is 4.02. The highest BCUT2D eigenvalue weighted by atomic mass is 16.5. The molecule has 174 valence electrons. The molecule has 1 aromatic heterocycles. The summed E-state index contributed by atoms with van der Waals surface area (Å²) in [7, 11) is 0. The third-order valence-electron chi connectivity index (χ3n) is 5.78. The van der Waals surface area contributed by atoms with Crippen LogP contribution in [0.3, 0.4) is 0 Å². The molecule has 2 heterocycles. The van der Waals surface area contributed by atoms with Gasteiger partial charge in [0.05, 0.1) is 28.7 Å². The molecule has 0 radical (unpaired) electrons. The topological polar surface area (TPSA) is 105 Å². The molecule has 0 saturated carbocycles. The summed E-state index contributed by atoms with van der Waals surface area (Å²) in [6, 6.07) is 23.6. The maximum absolute atomic E-state index is 12.8. The van der Waals surface area contributed by atoms with Crippen LogP contribution in [0.5, 0.6) is 0 Å². The lowest BCUT2D eigenvalue weighted by molar-refractivity contribution is -0.134. The normalized spacial score (nSPS) is 13.0. The Labute approximate surface area is 200 Å². The van der Waals surface area contributed by atoms with Crippen molar-refractivity contribution in [1.29, 1.82) is 0 Å². The average Bonchev–Trinajstić information content (AvgIpc) is 3.39. The fourth-order valence-electron chi connectivity index (χ4n) is 4.02. The monoisotopic (exact) mass is 466 g/mol. The predicted molar refractivity (Wildman–Crippen MR) is 131 cm³/mol.